The molecule has 2 aromatic heterocycles. The standard InChI is InChI=1S/C12H14BrNO2S3/c1-3-9-4-5-10(17-9)7-14-19(15,16)11-6-8(2)12(13)18-11/h4-6,14H,3,7H2,1-2H3. The van der Waals surface area contributed by atoms with Gasteiger partial charge in [0.15, 0.2) is 0 Å². The first kappa shape index (κ1) is 15.2. The van der Waals surface area contributed by atoms with E-state index in [9.17, 15) is 8.42 Å². The van der Waals surface area contributed by atoms with Crippen LogP contribution in [0.1, 0.15) is 22.2 Å². The zero-order valence-corrected chi connectivity index (χ0v) is 14.6. The van der Waals surface area contributed by atoms with Gasteiger partial charge in [0.1, 0.15) is 4.21 Å². The first-order chi connectivity index (χ1) is 8.92. The minimum absolute atomic E-state index is 0.349. The minimum atomic E-state index is -3.41. The van der Waals surface area contributed by atoms with Gasteiger partial charge >= 0.3 is 0 Å². The summed E-state index contributed by atoms with van der Waals surface area (Å²) < 4.78 is 28.1. The maximum Gasteiger partial charge on any atom is 0.250 e. The highest BCUT2D eigenvalue weighted by molar-refractivity contribution is 9.11. The fraction of sp³-hybridized carbons (Fsp3) is 0.333. The lowest BCUT2D eigenvalue weighted by Crippen LogP contribution is -2.21. The Labute approximate surface area is 129 Å². The largest absolute Gasteiger partial charge is 0.250 e. The molecule has 0 bridgehead atoms. The molecule has 0 spiro atoms. The third-order valence-corrected chi connectivity index (χ3v) is 7.84. The summed E-state index contributed by atoms with van der Waals surface area (Å²) in [7, 11) is -3.41. The Morgan fingerprint density at radius 1 is 1.26 bits per heavy atom. The van der Waals surface area contributed by atoms with E-state index in [1.807, 2.05) is 19.1 Å². The average molecular weight is 380 g/mol. The predicted molar refractivity (Wildman–Crippen MR) is 84.5 cm³/mol. The van der Waals surface area contributed by atoms with Gasteiger partial charge in [-0.15, -0.1) is 22.7 Å². The van der Waals surface area contributed by atoms with Crippen molar-refractivity contribution in [2.24, 2.45) is 0 Å². The lowest BCUT2D eigenvalue weighted by molar-refractivity contribution is 0.584. The van der Waals surface area contributed by atoms with Crippen LogP contribution in [0.25, 0.3) is 0 Å². The Bertz CT molecular complexity index is 653. The van der Waals surface area contributed by atoms with Crippen LogP contribution in [-0.4, -0.2) is 8.42 Å². The number of sulfonamides is 1. The Kier molecular flexibility index (Phi) is 4.84. The molecule has 0 aliphatic carbocycles. The van der Waals surface area contributed by atoms with Crippen molar-refractivity contribution in [1.29, 1.82) is 0 Å². The number of hydrogen-bond acceptors (Lipinski definition) is 4. The lowest BCUT2D eigenvalue weighted by Gasteiger charge is -2.02. The van der Waals surface area contributed by atoms with E-state index in [0.717, 1.165) is 20.6 Å². The van der Waals surface area contributed by atoms with Crippen LogP contribution < -0.4 is 4.72 Å². The molecule has 1 N–H and O–H groups in total. The van der Waals surface area contributed by atoms with Crippen molar-refractivity contribution in [3.8, 4) is 0 Å². The van der Waals surface area contributed by atoms with Crippen LogP contribution in [0.4, 0.5) is 0 Å². The van der Waals surface area contributed by atoms with Crippen molar-refractivity contribution in [3.63, 3.8) is 0 Å². The molecule has 0 atom stereocenters. The summed E-state index contributed by atoms with van der Waals surface area (Å²) in [6, 6.07) is 5.70. The molecule has 0 saturated carbocycles. The molecule has 19 heavy (non-hydrogen) atoms. The van der Waals surface area contributed by atoms with Gasteiger partial charge in [0, 0.05) is 16.3 Å². The summed E-state index contributed by atoms with van der Waals surface area (Å²) in [5.41, 5.74) is 0.940. The summed E-state index contributed by atoms with van der Waals surface area (Å²) in [4.78, 5) is 2.30. The normalized spacial score (nSPS) is 11.9. The molecule has 0 aliphatic heterocycles. The van der Waals surface area contributed by atoms with Crippen LogP contribution in [0.2, 0.25) is 0 Å². The fourth-order valence-electron chi connectivity index (χ4n) is 1.51. The van der Waals surface area contributed by atoms with Gasteiger partial charge in [-0.1, -0.05) is 6.92 Å². The first-order valence-corrected chi connectivity index (χ1v) is 9.66. The van der Waals surface area contributed by atoms with Crippen LogP contribution in [0.3, 0.4) is 0 Å². The predicted octanol–water partition coefficient (Wildman–Crippen LogP) is 3.92. The number of hydrogen-bond donors (Lipinski definition) is 1. The summed E-state index contributed by atoms with van der Waals surface area (Å²) in [6.07, 6.45) is 0.981. The van der Waals surface area contributed by atoms with E-state index in [1.54, 1.807) is 17.4 Å². The first-order valence-electron chi connectivity index (χ1n) is 5.75. The highest BCUT2D eigenvalue weighted by Gasteiger charge is 2.18. The van der Waals surface area contributed by atoms with Gasteiger partial charge in [-0.3, -0.25) is 0 Å². The average Bonchev–Trinajstić information content (AvgIpc) is 2.95. The lowest BCUT2D eigenvalue weighted by atomic mass is 10.4. The second-order valence-corrected chi connectivity index (χ2v) is 9.69. The second kappa shape index (κ2) is 6.05. The zero-order chi connectivity index (χ0) is 14.0. The van der Waals surface area contributed by atoms with E-state index in [2.05, 4.69) is 27.6 Å². The van der Waals surface area contributed by atoms with E-state index >= 15 is 0 Å². The quantitative estimate of drug-likeness (QED) is 0.855. The summed E-state index contributed by atoms with van der Waals surface area (Å²) >= 11 is 6.23. The van der Waals surface area contributed by atoms with E-state index in [4.69, 9.17) is 0 Å². The summed E-state index contributed by atoms with van der Waals surface area (Å²) in [5, 5.41) is 0. The van der Waals surface area contributed by atoms with Gasteiger partial charge in [-0.25, -0.2) is 13.1 Å². The third-order valence-electron chi connectivity index (χ3n) is 2.60. The van der Waals surface area contributed by atoms with Crippen molar-refractivity contribution in [1.82, 2.24) is 4.72 Å². The van der Waals surface area contributed by atoms with Crippen molar-refractivity contribution in [3.05, 3.63) is 37.3 Å². The Morgan fingerprint density at radius 2 is 1.95 bits per heavy atom. The van der Waals surface area contributed by atoms with E-state index < -0.39 is 10.0 Å². The third kappa shape index (κ3) is 3.66. The molecular formula is C12H14BrNO2S3. The van der Waals surface area contributed by atoms with Crippen LogP contribution >= 0.6 is 38.6 Å². The smallest absolute Gasteiger partial charge is 0.206 e. The van der Waals surface area contributed by atoms with Gasteiger partial charge in [-0.2, -0.15) is 0 Å². The van der Waals surface area contributed by atoms with Crippen LogP contribution in [-0.2, 0) is 23.0 Å². The molecule has 0 unspecified atom stereocenters. The monoisotopic (exact) mass is 379 g/mol. The topological polar surface area (TPSA) is 46.2 Å². The highest BCUT2D eigenvalue weighted by atomic mass is 79.9. The SMILES string of the molecule is CCc1ccc(CNS(=O)(=O)c2cc(C)c(Br)s2)s1. The highest BCUT2D eigenvalue weighted by Crippen LogP contribution is 2.30. The maximum absolute atomic E-state index is 12.1. The number of rotatable bonds is 5. The van der Waals surface area contributed by atoms with Crippen molar-refractivity contribution in [2.45, 2.75) is 31.0 Å². The molecule has 3 nitrogen and oxygen atoms in total. The molecular weight excluding hydrogens is 366 g/mol. The molecule has 2 aromatic rings. The zero-order valence-electron chi connectivity index (χ0n) is 10.6. The van der Waals surface area contributed by atoms with Gasteiger partial charge in [-0.05, 0) is 53.0 Å². The molecule has 104 valence electrons. The van der Waals surface area contributed by atoms with Crippen molar-refractivity contribution in [2.75, 3.05) is 0 Å². The van der Waals surface area contributed by atoms with Crippen molar-refractivity contribution >= 4 is 48.6 Å². The van der Waals surface area contributed by atoms with Crippen LogP contribution in [0.5, 0.6) is 0 Å². The number of aryl methyl sites for hydroxylation is 2. The molecule has 0 aromatic carbocycles. The molecule has 0 saturated heterocycles. The van der Waals surface area contributed by atoms with Crippen LogP contribution in [0.15, 0.2) is 26.2 Å². The summed E-state index contributed by atoms with van der Waals surface area (Å²) in [5.74, 6) is 0. The molecule has 2 rings (SSSR count). The molecule has 0 radical (unpaired) electrons. The molecule has 0 aliphatic rings. The number of halogens is 1. The fourth-order valence-corrected chi connectivity index (χ4v) is 5.77. The van der Waals surface area contributed by atoms with Gasteiger partial charge in [0.2, 0.25) is 10.0 Å². The maximum atomic E-state index is 12.1. The van der Waals surface area contributed by atoms with Crippen LogP contribution in [0, 0.1) is 6.92 Å². The Balaban J connectivity index is 2.09. The Morgan fingerprint density at radius 3 is 2.47 bits per heavy atom. The Hall–Kier alpha value is -0.210. The number of thiophene rings is 2. The summed E-state index contributed by atoms with van der Waals surface area (Å²) in [6.45, 7) is 4.32. The van der Waals surface area contributed by atoms with E-state index in [0.29, 0.717) is 10.8 Å². The van der Waals surface area contributed by atoms with Gasteiger partial charge in [0.25, 0.3) is 0 Å². The molecule has 0 amide bonds. The van der Waals surface area contributed by atoms with E-state index in [-0.39, 0.29) is 0 Å². The van der Waals surface area contributed by atoms with Crippen molar-refractivity contribution < 1.29 is 8.42 Å². The molecule has 7 heteroatoms. The van der Waals surface area contributed by atoms with Gasteiger partial charge < -0.3 is 0 Å². The minimum Gasteiger partial charge on any atom is -0.206 e. The number of nitrogens with one attached hydrogen (secondary N) is 1. The second-order valence-electron chi connectivity index (χ2n) is 4.07. The molecule has 0 fully saturated rings. The van der Waals surface area contributed by atoms with Gasteiger partial charge in [0.05, 0.1) is 3.79 Å². The molecule has 2 heterocycles. The van der Waals surface area contributed by atoms with E-state index in [1.165, 1.54) is 16.2 Å².